The van der Waals surface area contributed by atoms with E-state index in [0.29, 0.717) is 56.4 Å². The highest BCUT2D eigenvalue weighted by Gasteiger charge is 2.44. The highest BCUT2D eigenvalue weighted by atomic mass is 32.1. The zero-order valence-corrected chi connectivity index (χ0v) is 41.2. The van der Waals surface area contributed by atoms with Gasteiger partial charge in [-0.05, 0) is 41.7 Å². The first-order valence-electron chi connectivity index (χ1n) is 23.5. The molecule has 3 atom stereocenters. The maximum absolute atomic E-state index is 14.0. The first-order chi connectivity index (χ1) is 34.1. The van der Waals surface area contributed by atoms with Crippen molar-refractivity contribution in [3.05, 3.63) is 101 Å². The molecule has 0 spiro atoms. The third-order valence-electron chi connectivity index (χ3n) is 11.8. The van der Waals surface area contributed by atoms with Crippen molar-refractivity contribution < 1.29 is 43.3 Å². The number of nitrogens with two attached hydrogens (primary N) is 1. The standard InChI is InChI=1S/C50H61N11O9S/c1-32-45(71-31-54-32)35-10-8-33(9-11-35)27-53-48(66)41-26-38(62)29-60(41)49(67)46(50(2,3)4)55-43(64)17-16-42(63)52-18-20-68-22-24-70-25-23-69-21-19-59-30-40(56-58-59)34-12-14-37(15-13-34)61-28-36-6-5-7-39(47(51)65)44(36)57-61/h5-15,28,30-31,38,41,46,62H,16-27,29H2,1-4H3,(H2,51,65)(H,52,63)(H,53,66)(H,55,64)/t38-,41+,46?/m0/s1. The van der Waals surface area contributed by atoms with Crippen molar-refractivity contribution in [2.45, 2.75) is 78.2 Å². The molecule has 1 aliphatic heterocycles. The van der Waals surface area contributed by atoms with E-state index >= 15 is 0 Å². The fraction of sp³-hybridized carbons (Fsp3) is 0.420. The highest BCUT2D eigenvalue weighted by Crippen LogP contribution is 2.29. The van der Waals surface area contributed by atoms with E-state index in [-0.39, 0.29) is 51.4 Å². The number of ether oxygens (including phenoxy) is 3. The maximum Gasteiger partial charge on any atom is 0.250 e. The molecule has 3 aromatic heterocycles. The average molecular weight is 992 g/mol. The van der Waals surface area contributed by atoms with E-state index in [4.69, 9.17) is 19.9 Å². The van der Waals surface area contributed by atoms with Crippen molar-refractivity contribution in [3.63, 3.8) is 0 Å². The number of aliphatic hydroxyl groups is 1. The molecule has 71 heavy (non-hydrogen) atoms. The molecule has 20 nitrogen and oxygen atoms in total. The minimum atomic E-state index is -1.01. The lowest BCUT2D eigenvalue weighted by Crippen LogP contribution is -2.57. The summed E-state index contributed by atoms with van der Waals surface area (Å²) >= 11 is 1.56. The number of amides is 5. The van der Waals surface area contributed by atoms with Crippen molar-refractivity contribution >= 4 is 51.8 Å². The van der Waals surface area contributed by atoms with Crippen LogP contribution in [0.25, 0.3) is 38.3 Å². The monoisotopic (exact) mass is 991 g/mol. The molecule has 0 saturated carbocycles. The molecule has 1 unspecified atom stereocenters. The van der Waals surface area contributed by atoms with Crippen LogP contribution < -0.4 is 21.7 Å². The van der Waals surface area contributed by atoms with Crippen LogP contribution in [0, 0.1) is 12.3 Å². The second-order valence-corrected chi connectivity index (χ2v) is 19.1. The van der Waals surface area contributed by atoms with Gasteiger partial charge in [0.1, 0.15) is 23.3 Å². The number of aryl methyl sites for hydroxylation is 1. The number of nitrogens with zero attached hydrogens (tertiary/aromatic N) is 7. The molecule has 1 aliphatic rings. The van der Waals surface area contributed by atoms with Crippen LogP contribution in [-0.2, 0) is 46.5 Å². The van der Waals surface area contributed by atoms with Crippen LogP contribution in [0.1, 0.15) is 61.6 Å². The number of thiazole rings is 1. The fourth-order valence-electron chi connectivity index (χ4n) is 7.99. The molecule has 7 rings (SSSR count). The quantitative estimate of drug-likeness (QED) is 0.0545. The van der Waals surface area contributed by atoms with E-state index in [2.05, 4.69) is 36.3 Å². The molecule has 4 heterocycles. The molecule has 3 aromatic carbocycles. The second-order valence-electron chi connectivity index (χ2n) is 18.2. The summed E-state index contributed by atoms with van der Waals surface area (Å²) in [4.78, 5) is 71.5. The number of aliphatic hydroxyl groups excluding tert-OH is 1. The molecule has 0 aliphatic carbocycles. The third-order valence-corrected chi connectivity index (χ3v) is 12.8. The van der Waals surface area contributed by atoms with Crippen molar-refractivity contribution in [1.29, 1.82) is 0 Å². The minimum absolute atomic E-state index is 0.0434. The number of β-amino-alcohol motifs (C(OH)–C–C–N with tert-alkyl or cyclic N) is 1. The molecule has 5 amide bonds. The Hall–Kier alpha value is -6.91. The van der Waals surface area contributed by atoms with E-state index in [0.717, 1.165) is 38.3 Å². The zero-order valence-electron chi connectivity index (χ0n) is 40.3. The van der Waals surface area contributed by atoms with Crippen LogP contribution >= 0.6 is 11.3 Å². The topological polar surface area (TPSA) is 260 Å². The van der Waals surface area contributed by atoms with Gasteiger partial charge < -0.3 is 45.9 Å². The van der Waals surface area contributed by atoms with Gasteiger partial charge in [-0.1, -0.05) is 74.5 Å². The number of carbonyl (C=O) groups is 5. The van der Waals surface area contributed by atoms with Crippen molar-refractivity contribution in [2.75, 3.05) is 52.7 Å². The Morgan fingerprint density at radius 3 is 2.24 bits per heavy atom. The SMILES string of the molecule is Cc1ncsc1-c1ccc(CNC(=O)[C@H]2C[C@H](O)CN2C(=O)C(NC(=O)CCC(=O)NCCOCCOCCOCCn2cc(-c3ccc(-n4cc5cccc(C(N)=O)c5n4)cc3)nn2)C(C)(C)C)cc1. The number of hydrogen-bond acceptors (Lipinski definition) is 14. The Bertz CT molecular complexity index is 2770. The van der Waals surface area contributed by atoms with Crippen molar-refractivity contribution in [1.82, 2.24) is 50.6 Å². The van der Waals surface area contributed by atoms with Crippen LogP contribution in [0.3, 0.4) is 0 Å². The van der Waals surface area contributed by atoms with Gasteiger partial charge in [0.2, 0.25) is 23.6 Å². The van der Waals surface area contributed by atoms with Crippen LogP contribution in [0.5, 0.6) is 0 Å². The molecule has 0 bridgehead atoms. The van der Waals surface area contributed by atoms with Gasteiger partial charge in [0.05, 0.1) is 85.8 Å². The Balaban J connectivity index is 0.723. The van der Waals surface area contributed by atoms with Gasteiger partial charge in [-0.15, -0.1) is 16.4 Å². The zero-order chi connectivity index (χ0) is 50.5. The van der Waals surface area contributed by atoms with Gasteiger partial charge >= 0.3 is 0 Å². The maximum atomic E-state index is 14.0. The minimum Gasteiger partial charge on any atom is -0.391 e. The van der Waals surface area contributed by atoms with E-state index in [1.54, 1.807) is 59.1 Å². The summed E-state index contributed by atoms with van der Waals surface area (Å²) in [6.45, 7) is 10.4. The number of rotatable bonds is 24. The molecular formula is C50H61N11O9S. The predicted octanol–water partition coefficient (Wildman–Crippen LogP) is 3.57. The normalized spacial score (nSPS) is 15.2. The summed E-state index contributed by atoms with van der Waals surface area (Å²) in [7, 11) is 0. The van der Waals surface area contributed by atoms with Gasteiger partial charge in [-0.2, -0.15) is 5.10 Å². The average Bonchev–Trinajstić information content (AvgIpc) is 4.19. The van der Waals surface area contributed by atoms with Gasteiger partial charge in [0.15, 0.2) is 0 Å². The van der Waals surface area contributed by atoms with E-state index in [1.807, 2.05) is 73.9 Å². The van der Waals surface area contributed by atoms with Crippen LogP contribution in [-0.4, -0.2) is 140 Å². The molecule has 21 heteroatoms. The summed E-state index contributed by atoms with van der Waals surface area (Å²) in [5.41, 5.74) is 12.8. The van der Waals surface area contributed by atoms with Crippen LogP contribution in [0.4, 0.5) is 0 Å². The fourth-order valence-corrected chi connectivity index (χ4v) is 8.80. The number of hydrogen-bond donors (Lipinski definition) is 5. The van der Waals surface area contributed by atoms with Gasteiger partial charge in [-0.25, -0.2) is 14.3 Å². The number of aromatic nitrogens is 6. The molecule has 1 fully saturated rings. The number of nitrogens with one attached hydrogen (secondary N) is 3. The van der Waals surface area contributed by atoms with Gasteiger partial charge in [0, 0.05) is 56.0 Å². The third kappa shape index (κ3) is 14.1. The lowest BCUT2D eigenvalue weighted by molar-refractivity contribution is -0.144. The van der Waals surface area contributed by atoms with Gasteiger partial charge in [-0.3, -0.25) is 24.0 Å². The molecule has 376 valence electrons. The second kappa shape index (κ2) is 24.3. The number of likely N-dealkylation sites (tertiary alicyclic amines) is 1. The Kier molecular flexibility index (Phi) is 17.8. The Morgan fingerprint density at radius 1 is 0.859 bits per heavy atom. The largest absolute Gasteiger partial charge is 0.391 e. The van der Waals surface area contributed by atoms with Crippen molar-refractivity contribution in [3.8, 4) is 27.4 Å². The van der Waals surface area contributed by atoms with Crippen molar-refractivity contribution in [2.24, 2.45) is 11.1 Å². The molecular weight excluding hydrogens is 931 g/mol. The summed E-state index contributed by atoms with van der Waals surface area (Å²) in [5.74, 6) is -2.23. The summed E-state index contributed by atoms with van der Waals surface area (Å²) in [6, 6.07) is 18.9. The molecule has 6 aromatic rings. The van der Waals surface area contributed by atoms with E-state index < -0.39 is 47.2 Å². The number of fused-ring (bicyclic) bond motifs is 1. The first-order valence-corrected chi connectivity index (χ1v) is 24.4. The summed E-state index contributed by atoms with van der Waals surface area (Å²) < 4.78 is 20.2. The summed E-state index contributed by atoms with van der Waals surface area (Å²) in [6.07, 6.45) is 2.62. The Morgan fingerprint density at radius 2 is 1.55 bits per heavy atom. The van der Waals surface area contributed by atoms with E-state index in [9.17, 15) is 29.1 Å². The lowest BCUT2D eigenvalue weighted by atomic mass is 9.85. The molecule has 1 saturated heterocycles. The lowest BCUT2D eigenvalue weighted by Gasteiger charge is -2.35. The van der Waals surface area contributed by atoms with Crippen LogP contribution in [0.15, 0.2) is 84.6 Å². The van der Waals surface area contributed by atoms with E-state index in [1.165, 1.54) is 4.90 Å². The smallest absolute Gasteiger partial charge is 0.250 e. The predicted molar refractivity (Wildman–Crippen MR) is 265 cm³/mol. The molecule has 6 N–H and O–H groups in total. The molecule has 0 radical (unpaired) electrons. The first kappa shape index (κ1) is 51.9. The number of primary amides is 1. The Labute approximate surface area is 415 Å². The van der Waals surface area contributed by atoms with Gasteiger partial charge in [0.25, 0.3) is 5.91 Å². The summed E-state index contributed by atoms with van der Waals surface area (Å²) in [5, 5.41) is 32.8. The number of benzene rings is 3. The number of carbonyl (C=O) groups excluding carboxylic acids is 5. The highest BCUT2D eigenvalue weighted by molar-refractivity contribution is 7.13. The van der Waals surface area contributed by atoms with Crippen LogP contribution in [0.2, 0.25) is 0 Å².